The summed E-state index contributed by atoms with van der Waals surface area (Å²) in [6.07, 6.45) is 1.37. The van der Waals surface area contributed by atoms with E-state index in [1.54, 1.807) is 11.0 Å². The normalized spacial score (nSPS) is 19.7. The predicted octanol–water partition coefficient (Wildman–Crippen LogP) is 3.88. The lowest BCUT2D eigenvalue weighted by Crippen LogP contribution is -2.39. The van der Waals surface area contributed by atoms with Crippen molar-refractivity contribution in [3.05, 3.63) is 35.6 Å². The smallest absolute Gasteiger partial charge is 0.410 e. The third kappa shape index (κ3) is 4.93. The number of carbonyl (C=O) groups excluding carboxylic acids is 1. The molecule has 1 aliphatic heterocycles. The monoisotopic (exact) mass is 322 g/mol. The molecule has 1 saturated heterocycles. The van der Waals surface area contributed by atoms with Crippen molar-refractivity contribution in [2.24, 2.45) is 0 Å². The number of ether oxygens (including phenoxy) is 1. The molecule has 2 rings (SSSR count). The number of amides is 1. The summed E-state index contributed by atoms with van der Waals surface area (Å²) < 4.78 is 19.4. The molecule has 0 radical (unpaired) electrons. The Labute approximate surface area is 138 Å². The zero-order chi connectivity index (χ0) is 17.0. The van der Waals surface area contributed by atoms with Gasteiger partial charge in [-0.1, -0.05) is 25.1 Å². The third-order valence-electron chi connectivity index (χ3n) is 3.97. The van der Waals surface area contributed by atoms with Gasteiger partial charge in [-0.05, 0) is 39.7 Å². The quantitative estimate of drug-likeness (QED) is 0.915. The van der Waals surface area contributed by atoms with Gasteiger partial charge in [0.1, 0.15) is 11.4 Å². The van der Waals surface area contributed by atoms with E-state index in [4.69, 9.17) is 4.74 Å². The zero-order valence-corrected chi connectivity index (χ0v) is 14.4. The first-order chi connectivity index (χ1) is 10.8. The fourth-order valence-corrected chi connectivity index (χ4v) is 2.86. The minimum absolute atomic E-state index is 0.0419. The first-order valence-electron chi connectivity index (χ1n) is 8.28. The number of nitrogens with zero attached hydrogens (tertiary/aromatic N) is 1. The van der Waals surface area contributed by atoms with Crippen LogP contribution >= 0.6 is 0 Å². The average Bonchev–Trinajstić information content (AvgIpc) is 2.92. The molecule has 1 heterocycles. The maximum absolute atomic E-state index is 14.0. The van der Waals surface area contributed by atoms with Crippen LogP contribution in [0.3, 0.4) is 0 Å². The first kappa shape index (κ1) is 17.7. The van der Waals surface area contributed by atoms with Gasteiger partial charge in [-0.3, -0.25) is 0 Å². The van der Waals surface area contributed by atoms with Crippen LogP contribution < -0.4 is 5.32 Å². The molecule has 4 nitrogen and oxygen atoms in total. The van der Waals surface area contributed by atoms with E-state index in [9.17, 15) is 9.18 Å². The Hall–Kier alpha value is -1.62. The Kier molecular flexibility index (Phi) is 5.63. The van der Waals surface area contributed by atoms with Crippen LogP contribution in [-0.4, -0.2) is 35.7 Å². The Morgan fingerprint density at radius 3 is 2.74 bits per heavy atom. The van der Waals surface area contributed by atoms with Gasteiger partial charge in [-0.2, -0.15) is 0 Å². The van der Waals surface area contributed by atoms with Crippen LogP contribution in [0.25, 0.3) is 0 Å². The number of likely N-dealkylation sites (tertiary alicyclic amines) is 1. The van der Waals surface area contributed by atoms with Gasteiger partial charge < -0.3 is 15.0 Å². The summed E-state index contributed by atoms with van der Waals surface area (Å²) in [5, 5.41) is 3.48. The van der Waals surface area contributed by atoms with Gasteiger partial charge in [-0.25, -0.2) is 9.18 Å². The van der Waals surface area contributed by atoms with Crippen LogP contribution in [0.15, 0.2) is 24.3 Å². The van der Waals surface area contributed by atoms with Gasteiger partial charge in [-0.15, -0.1) is 0 Å². The molecule has 1 fully saturated rings. The molecule has 23 heavy (non-hydrogen) atoms. The van der Waals surface area contributed by atoms with Crippen molar-refractivity contribution in [1.82, 2.24) is 10.2 Å². The van der Waals surface area contributed by atoms with Crippen molar-refractivity contribution in [1.29, 1.82) is 0 Å². The van der Waals surface area contributed by atoms with Crippen LogP contribution in [0.4, 0.5) is 9.18 Å². The Bertz CT molecular complexity index is 542. The number of benzene rings is 1. The third-order valence-corrected chi connectivity index (χ3v) is 3.97. The van der Waals surface area contributed by atoms with E-state index in [0.717, 1.165) is 12.8 Å². The van der Waals surface area contributed by atoms with E-state index in [1.165, 1.54) is 6.07 Å². The van der Waals surface area contributed by atoms with Crippen molar-refractivity contribution >= 4 is 6.09 Å². The molecule has 0 aromatic heterocycles. The molecule has 0 spiro atoms. The number of nitrogens with one attached hydrogen (secondary N) is 1. The zero-order valence-electron chi connectivity index (χ0n) is 14.4. The Morgan fingerprint density at radius 2 is 2.13 bits per heavy atom. The SMILES string of the molecule is CCC(NC1CCN(C(=O)OC(C)(C)C)C1)c1ccccc1F. The van der Waals surface area contributed by atoms with Crippen molar-refractivity contribution < 1.29 is 13.9 Å². The summed E-state index contributed by atoms with van der Waals surface area (Å²) in [5.41, 5.74) is 0.201. The lowest BCUT2D eigenvalue weighted by atomic mass is 10.0. The van der Waals surface area contributed by atoms with Crippen LogP contribution in [0.1, 0.15) is 52.1 Å². The lowest BCUT2D eigenvalue weighted by molar-refractivity contribution is 0.0290. The highest BCUT2D eigenvalue weighted by Gasteiger charge is 2.31. The maximum atomic E-state index is 14.0. The Morgan fingerprint density at radius 1 is 1.43 bits per heavy atom. The number of carbonyl (C=O) groups is 1. The molecule has 128 valence electrons. The number of halogens is 1. The second-order valence-electron chi connectivity index (χ2n) is 7.06. The highest BCUT2D eigenvalue weighted by atomic mass is 19.1. The molecular weight excluding hydrogens is 295 g/mol. The van der Waals surface area contributed by atoms with Gasteiger partial charge >= 0.3 is 6.09 Å². The van der Waals surface area contributed by atoms with Gasteiger partial charge in [0, 0.05) is 30.7 Å². The summed E-state index contributed by atoms with van der Waals surface area (Å²) in [6.45, 7) is 8.89. The summed E-state index contributed by atoms with van der Waals surface area (Å²) in [6, 6.07) is 6.97. The molecule has 5 heteroatoms. The van der Waals surface area contributed by atoms with Crippen LogP contribution in [0.2, 0.25) is 0 Å². The van der Waals surface area contributed by atoms with Crippen LogP contribution in [0, 0.1) is 5.82 Å². The van der Waals surface area contributed by atoms with E-state index < -0.39 is 5.60 Å². The molecule has 1 aliphatic rings. The lowest BCUT2D eigenvalue weighted by Gasteiger charge is -2.25. The topological polar surface area (TPSA) is 41.6 Å². The molecule has 0 saturated carbocycles. The molecule has 2 unspecified atom stereocenters. The van der Waals surface area contributed by atoms with E-state index >= 15 is 0 Å². The number of hydrogen-bond acceptors (Lipinski definition) is 3. The molecular formula is C18H27FN2O2. The fourth-order valence-electron chi connectivity index (χ4n) is 2.86. The molecule has 1 aromatic rings. The molecule has 1 amide bonds. The number of rotatable bonds is 4. The van der Waals surface area contributed by atoms with E-state index in [1.807, 2.05) is 39.8 Å². The average molecular weight is 322 g/mol. The predicted molar refractivity (Wildman–Crippen MR) is 88.8 cm³/mol. The largest absolute Gasteiger partial charge is 0.444 e. The summed E-state index contributed by atoms with van der Waals surface area (Å²) >= 11 is 0. The second kappa shape index (κ2) is 7.30. The number of hydrogen-bond donors (Lipinski definition) is 1. The summed E-state index contributed by atoms with van der Waals surface area (Å²) in [4.78, 5) is 13.8. The van der Waals surface area contributed by atoms with Crippen molar-refractivity contribution in [3.8, 4) is 0 Å². The van der Waals surface area contributed by atoms with Gasteiger partial charge in [0.2, 0.25) is 0 Å². The molecule has 1 N–H and O–H groups in total. The minimum atomic E-state index is -0.484. The van der Waals surface area contributed by atoms with Crippen LogP contribution in [-0.2, 0) is 4.74 Å². The van der Waals surface area contributed by atoms with Crippen LogP contribution in [0.5, 0.6) is 0 Å². The molecule has 0 aliphatic carbocycles. The fraction of sp³-hybridized carbons (Fsp3) is 0.611. The summed E-state index contributed by atoms with van der Waals surface area (Å²) in [5.74, 6) is -0.186. The van der Waals surface area contributed by atoms with Gasteiger partial charge in [0.25, 0.3) is 0 Å². The first-order valence-corrected chi connectivity index (χ1v) is 8.28. The van der Waals surface area contributed by atoms with E-state index in [-0.39, 0.29) is 24.0 Å². The van der Waals surface area contributed by atoms with E-state index in [2.05, 4.69) is 5.32 Å². The van der Waals surface area contributed by atoms with E-state index in [0.29, 0.717) is 18.7 Å². The standard InChI is InChI=1S/C18H27FN2O2/c1-5-16(14-8-6-7-9-15(14)19)20-13-10-11-21(12-13)17(22)23-18(2,3)4/h6-9,13,16,20H,5,10-12H2,1-4H3. The summed E-state index contributed by atoms with van der Waals surface area (Å²) in [7, 11) is 0. The highest BCUT2D eigenvalue weighted by molar-refractivity contribution is 5.68. The van der Waals surface area contributed by atoms with Crippen molar-refractivity contribution in [3.63, 3.8) is 0 Å². The molecule has 1 aromatic carbocycles. The van der Waals surface area contributed by atoms with Crippen molar-refractivity contribution in [2.45, 2.75) is 58.2 Å². The maximum Gasteiger partial charge on any atom is 0.410 e. The second-order valence-corrected chi connectivity index (χ2v) is 7.06. The molecule has 0 bridgehead atoms. The minimum Gasteiger partial charge on any atom is -0.444 e. The highest BCUT2D eigenvalue weighted by Crippen LogP contribution is 2.23. The van der Waals surface area contributed by atoms with Gasteiger partial charge in [0.15, 0.2) is 0 Å². The Balaban J connectivity index is 1.94. The van der Waals surface area contributed by atoms with Crippen molar-refractivity contribution in [2.75, 3.05) is 13.1 Å². The van der Waals surface area contributed by atoms with Gasteiger partial charge in [0.05, 0.1) is 0 Å². The molecule has 2 atom stereocenters.